The van der Waals surface area contributed by atoms with Crippen LogP contribution in [0.25, 0.3) is 21.9 Å². The van der Waals surface area contributed by atoms with E-state index in [1.165, 1.54) is 6.07 Å². The average Bonchev–Trinajstić information content (AvgIpc) is 3.13. The van der Waals surface area contributed by atoms with Crippen molar-refractivity contribution in [3.05, 3.63) is 52.4 Å². The van der Waals surface area contributed by atoms with Crippen molar-refractivity contribution < 1.29 is 22.0 Å². The summed E-state index contributed by atoms with van der Waals surface area (Å²) >= 11 is 0. The Hall–Kier alpha value is -3.70. The molecule has 0 amide bonds. The van der Waals surface area contributed by atoms with Gasteiger partial charge in [-0.1, -0.05) is 0 Å². The number of aryl methyl sites for hydroxylation is 1. The van der Waals surface area contributed by atoms with Gasteiger partial charge in [0.05, 0.1) is 5.39 Å². The first-order chi connectivity index (χ1) is 15.3. The summed E-state index contributed by atoms with van der Waals surface area (Å²) in [5.41, 5.74) is 2.34. The van der Waals surface area contributed by atoms with Gasteiger partial charge < -0.3 is 20.6 Å². The normalized spacial score (nSPS) is 11.9. The number of hydrogen-bond acceptors (Lipinski definition) is 5. The van der Waals surface area contributed by atoms with Crippen LogP contribution < -0.4 is 16.2 Å². The third kappa shape index (κ3) is 6.89. The smallest absolute Gasteiger partial charge is 0.360 e. The highest BCUT2D eigenvalue weighted by molar-refractivity contribution is 5.89. The number of fused-ring (bicyclic) bond motifs is 2. The summed E-state index contributed by atoms with van der Waals surface area (Å²) in [6, 6.07) is 8.37. The van der Waals surface area contributed by atoms with Crippen LogP contribution in [0.1, 0.15) is 19.4 Å². The maximum absolute atomic E-state index is 12.6. The third-order valence-electron chi connectivity index (χ3n) is 4.18. The van der Waals surface area contributed by atoms with Crippen molar-refractivity contribution in [1.82, 2.24) is 19.9 Å². The highest BCUT2D eigenvalue weighted by Gasteiger charge is 2.27. The summed E-state index contributed by atoms with van der Waals surface area (Å²) in [5, 5.41) is 6.61. The van der Waals surface area contributed by atoms with Crippen LogP contribution in [0.5, 0.6) is 0 Å². The quantitative estimate of drug-likeness (QED) is 0.297. The highest BCUT2D eigenvalue weighted by Crippen LogP contribution is 2.26. The molecule has 0 bridgehead atoms. The van der Waals surface area contributed by atoms with Gasteiger partial charge in [-0.15, -0.1) is 0 Å². The van der Waals surface area contributed by atoms with Gasteiger partial charge in [-0.25, -0.2) is 8.78 Å². The van der Waals surface area contributed by atoms with Crippen LogP contribution in [0.3, 0.4) is 0 Å². The van der Waals surface area contributed by atoms with E-state index in [2.05, 4.69) is 30.6 Å². The molecule has 0 saturated carbocycles. The lowest BCUT2D eigenvalue weighted by Crippen LogP contribution is -2.22. The first-order valence-electron chi connectivity index (χ1n) is 9.73. The van der Waals surface area contributed by atoms with E-state index in [1.54, 1.807) is 24.4 Å². The van der Waals surface area contributed by atoms with Gasteiger partial charge >= 0.3 is 6.18 Å². The average molecular weight is 468 g/mol. The minimum atomic E-state index is -4.37. The number of nitrogens with zero attached hydrogens (tertiary/aromatic N) is 2. The van der Waals surface area contributed by atoms with Gasteiger partial charge in [0.25, 0.3) is 0 Å². The number of hydrogen-bond donors (Lipinski definition) is 4. The summed E-state index contributed by atoms with van der Waals surface area (Å²) in [6.45, 7) is 2.33. The van der Waals surface area contributed by atoms with Crippen LogP contribution in [-0.4, -0.2) is 38.6 Å². The molecule has 0 atom stereocenters. The number of aromatic nitrogens is 4. The summed E-state index contributed by atoms with van der Waals surface area (Å²) in [5.74, 6) is -2.28. The van der Waals surface area contributed by atoms with E-state index in [-0.39, 0.29) is 17.3 Å². The molecule has 0 saturated heterocycles. The van der Waals surface area contributed by atoms with Gasteiger partial charge in [0.1, 0.15) is 18.0 Å². The number of halogens is 5. The van der Waals surface area contributed by atoms with E-state index < -0.39 is 18.6 Å². The lowest BCUT2D eigenvalue weighted by molar-refractivity contribution is -0.115. The van der Waals surface area contributed by atoms with E-state index in [0.29, 0.717) is 22.2 Å². The van der Waals surface area contributed by atoms with Crippen molar-refractivity contribution in [1.29, 1.82) is 0 Å². The molecule has 12 heteroatoms. The molecular weight excluding hydrogens is 447 g/mol. The van der Waals surface area contributed by atoms with Crippen molar-refractivity contribution in [3.63, 3.8) is 0 Å². The summed E-state index contributed by atoms with van der Waals surface area (Å²) in [4.78, 5) is 25.7. The number of alkyl halides is 5. The molecule has 0 aliphatic carbocycles. The highest BCUT2D eigenvalue weighted by atomic mass is 19.4. The number of aromatic amines is 2. The van der Waals surface area contributed by atoms with E-state index in [1.807, 2.05) is 13.0 Å². The van der Waals surface area contributed by atoms with Gasteiger partial charge in [-0.05, 0) is 50.6 Å². The molecule has 4 N–H and O–H groups in total. The standard InChI is InChI=1S/C18H15F3N6O.C3H6F2/c1-9-6-14(28)25-13-3-2-10(7-12(9)13)24-17-26-15-11(4-5-22-15)16(27-17)23-8-18(19,20)21;1-3(2,4)5/h2-7H,8H2,1H3,(H,25,28)(H3,22,23,24,26,27);1-2H3. The van der Waals surface area contributed by atoms with Gasteiger partial charge in [0.2, 0.25) is 17.4 Å². The monoisotopic (exact) mass is 468 g/mol. The van der Waals surface area contributed by atoms with Gasteiger partial charge in [-0.3, -0.25) is 4.79 Å². The Morgan fingerprint density at radius 2 is 1.70 bits per heavy atom. The minimum absolute atomic E-state index is 0.0763. The Kier molecular flexibility index (Phi) is 6.56. The van der Waals surface area contributed by atoms with Crippen LogP contribution >= 0.6 is 0 Å². The van der Waals surface area contributed by atoms with Crippen LogP contribution in [0.15, 0.2) is 41.3 Å². The van der Waals surface area contributed by atoms with Crippen LogP contribution in [-0.2, 0) is 0 Å². The van der Waals surface area contributed by atoms with Crippen molar-refractivity contribution in [2.75, 3.05) is 17.2 Å². The fourth-order valence-corrected chi connectivity index (χ4v) is 2.95. The molecule has 0 fully saturated rings. The first-order valence-corrected chi connectivity index (χ1v) is 9.73. The zero-order chi connectivity index (χ0) is 24.4. The van der Waals surface area contributed by atoms with Crippen LogP contribution in [0.2, 0.25) is 0 Å². The fourth-order valence-electron chi connectivity index (χ4n) is 2.95. The maximum Gasteiger partial charge on any atom is 0.405 e. The molecular formula is C21H21F5N6O. The van der Waals surface area contributed by atoms with Gasteiger partial charge in [-0.2, -0.15) is 23.1 Å². The SMILES string of the molecule is CC(C)(F)F.Cc1cc(=O)[nH]c2ccc(Nc3nc(NCC(F)(F)F)c4cc[nH]c4n3)cc12. The Morgan fingerprint density at radius 1 is 1.00 bits per heavy atom. The number of rotatable bonds is 4. The molecule has 7 nitrogen and oxygen atoms in total. The molecule has 0 aliphatic heterocycles. The van der Waals surface area contributed by atoms with E-state index in [4.69, 9.17) is 0 Å². The molecule has 4 aromatic rings. The zero-order valence-corrected chi connectivity index (χ0v) is 17.9. The Bertz CT molecular complexity index is 1320. The molecule has 1 aromatic carbocycles. The molecule has 4 rings (SSSR count). The number of benzene rings is 1. The summed E-state index contributed by atoms with van der Waals surface area (Å²) in [7, 11) is 0. The predicted molar refractivity (Wildman–Crippen MR) is 117 cm³/mol. The molecule has 0 spiro atoms. The maximum atomic E-state index is 12.6. The Morgan fingerprint density at radius 3 is 2.36 bits per heavy atom. The number of anilines is 3. The lowest BCUT2D eigenvalue weighted by atomic mass is 10.1. The Labute approximate surface area is 184 Å². The predicted octanol–water partition coefficient (Wildman–Crippen LogP) is 5.49. The molecule has 33 heavy (non-hydrogen) atoms. The fraction of sp³-hybridized carbons (Fsp3) is 0.286. The van der Waals surface area contributed by atoms with Gasteiger partial charge in [0, 0.05) is 28.9 Å². The molecule has 176 valence electrons. The largest absolute Gasteiger partial charge is 0.405 e. The second kappa shape index (κ2) is 9.04. The topological polar surface area (TPSA) is 98.5 Å². The Balaban J connectivity index is 0.000000555. The zero-order valence-electron chi connectivity index (χ0n) is 17.9. The van der Waals surface area contributed by atoms with E-state index in [0.717, 1.165) is 24.8 Å². The molecule has 3 aromatic heterocycles. The lowest BCUT2D eigenvalue weighted by Gasteiger charge is -2.12. The number of H-pyrrole nitrogens is 2. The second-order valence-corrected chi connectivity index (χ2v) is 7.63. The van der Waals surface area contributed by atoms with E-state index in [9.17, 15) is 26.7 Å². The first kappa shape index (κ1) is 24.0. The van der Waals surface area contributed by atoms with Crippen molar-refractivity contribution in [2.24, 2.45) is 0 Å². The number of nitrogens with one attached hydrogen (secondary N) is 4. The summed E-state index contributed by atoms with van der Waals surface area (Å²) < 4.78 is 59.8. The molecule has 3 heterocycles. The number of pyridine rings is 1. The molecule has 0 radical (unpaired) electrons. The van der Waals surface area contributed by atoms with E-state index >= 15 is 0 Å². The summed E-state index contributed by atoms with van der Waals surface area (Å²) in [6.07, 6.45) is -2.79. The third-order valence-corrected chi connectivity index (χ3v) is 4.18. The van der Waals surface area contributed by atoms with Crippen LogP contribution in [0.4, 0.5) is 39.4 Å². The van der Waals surface area contributed by atoms with Crippen molar-refractivity contribution >= 4 is 39.4 Å². The van der Waals surface area contributed by atoms with Crippen molar-refractivity contribution in [3.8, 4) is 0 Å². The van der Waals surface area contributed by atoms with Gasteiger partial charge in [0.15, 0.2) is 0 Å². The van der Waals surface area contributed by atoms with Crippen molar-refractivity contribution in [2.45, 2.75) is 32.9 Å². The van der Waals surface area contributed by atoms with Crippen LogP contribution in [0, 0.1) is 6.92 Å². The minimum Gasteiger partial charge on any atom is -0.360 e. The second-order valence-electron chi connectivity index (χ2n) is 7.63. The molecule has 0 aliphatic rings. The molecule has 0 unspecified atom stereocenters.